The van der Waals surface area contributed by atoms with E-state index in [4.69, 9.17) is 9.47 Å². The zero-order valence-corrected chi connectivity index (χ0v) is 17.7. The lowest BCUT2D eigenvalue weighted by Gasteiger charge is -2.21. The van der Waals surface area contributed by atoms with Gasteiger partial charge in [-0.05, 0) is 61.8 Å². The molecule has 27 heavy (non-hydrogen) atoms. The maximum Gasteiger partial charge on any atom is 0.188 e. The first-order chi connectivity index (χ1) is 13.2. The van der Waals surface area contributed by atoms with Gasteiger partial charge in [-0.25, -0.2) is 0 Å². The molecule has 0 amide bonds. The van der Waals surface area contributed by atoms with Gasteiger partial charge in [-0.3, -0.25) is 0 Å². The molecule has 1 atom stereocenters. The van der Waals surface area contributed by atoms with Crippen LogP contribution in [0.2, 0.25) is 0 Å². The van der Waals surface area contributed by atoms with Crippen LogP contribution in [0.25, 0.3) is 5.57 Å². The molecule has 0 spiro atoms. The van der Waals surface area contributed by atoms with Gasteiger partial charge in [0.2, 0.25) is 0 Å². The Hall–Kier alpha value is -1.54. The maximum absolute atomic E-state index is 5.90. The number of ether oxygens (including phenoxy) is 2. The standard InChI is InChI=1S/C25H38O2/c1-5-6-9-13-22-14-11-8-7-10-12-21(3)23(18-22)24-17-20(2)15-16-25(24)27-19-26-4/h15-18,22H,3,5-14,19H2,1-2,4H3. The molecular formula is C25H38O2. The van der Waals surface area contributed by atoms with E-state index in [1.807, 2.05) is 0 Å². The summed E-state index contributed by atoms with van der Waals surface area (Å²) in [6.45, 7) is 9.17. The molecule has 150 valence electrons. The first-order valence-corrected chi connectivity index (χ1v) is 10.8. The Morgan fingerprint density at radius 2 is 1.93 bits per heavy atom. The van der Waals surface area contributed by atoms with Gasteiger partial charge in [0.1, 0.15) is 5.75 Å². The van der Waals surface area contributed by atoms with E-state index >= 15 is 0 Å². The van der Waals surface area contributed by atoms with Crippen molar-refractivity contribution in [2.75, 3.05) is 13.9 Å². The number of aryl methyl sites for hydroxylation is 1. The van der Waals surface area contributed by atoms with Crippen molar-refractivity contribution < 1.29 is 9.47 Å². The van der Waals surface area contributed by atoms with E-state index in [1.54, 1.807) is 7.11 Å². The lowest BCUT2D eigenvalue weighted by molar-refractivity contribution is 0.0509. The molecule has 0 fully saturated rings. The zero-order chi connectivity index (χ0) is 19.5. The summed E-state index contributed by atoms with van der Waals surface area (Å²) in [4.78, 5) is 0. The quantitative estimate of drug-likeness (QED) is 0.349. The molecule has 0 saturated carbocycles. The van der Waals surface area contributed by atoms with Crippen LogP contribution in [0.3, 0.4) is 0 Å². The first kappa shape index (κ1) is 21.8. The molecule has 0 saturated heterocycles. The van der Waals surface area contributed by atoms with E-state index in [2.05, 4.69) is 44.7 Å². The van der Waals surface area contributed by atoms with E-state index in [0.29, 0.717) is 5.92 Å². The van der Waals surface area contributed by atoms with Gasteiger partial charge in [-0.1, -0.05) is 69.7 Å². The van der Waals surface area contributed by atoms with Crippen LogP contribution in [-0.2, 0) is 4.74 Å². The van der Waals surface area contributed by atoms with Crippen molar-refractivity contribution in [3.05, 3.63) is 47.6 Å². The van der Waals surface area contributed by atoms with Crippen LogP contribution >= 0.6 is 0 Å². The fourth-order valence-electron chi connectivity index (χ4n) is 3.94. The molecule has 1 aliphatic rings. The summed E-state index contributed by atoms with van der Waals surface area (Å²) in [5, 5.41) is 0. The number of unbranched alkanes of at least 4 members (excludes halogenated alkanes) is 2. The molecule has 2 heteroatoms. The number of hydrogen-bond donors (Lipinski definition) is 0. The van der Waals surface area contributed by atoms with Gasteiger partial charge in [0.05, 0.1) is 0 Å². The SMILES string of the molecule is C=C1CCCCCCC(CCCCC)C=C1c1cc(C)ccc1OCOC. The second-order valence-electron chi connectivity index (χ2n) is 7.94. The highest BCUT2D eigenvalue weighted by Gasteiger charge is 2.17. The highest BCUT2D eigenvalue weighted by atomic mass is 16.7. The highest BCUT2D eigenvalue weighted by molar-refractivity contribution is 5.82. The minimum atomic E-state index is 0.274. The number of benzene rings is 1. The molecule has 0 aromatic heterocycles. The minimum Gasteiger partial charge on any atom is -0.467 e. The van der Waals surface area contributed by atoms with E-state index in [1.165, 1.54) is 80.1 Å². The molecule has 1 aliphatic carbocycles. The Kier molecular flexibility index (Phi) is 9.69. The first-order valence-electron chi connectivity index (χ1n) is 10.8. The molecule has 1 aromatic rings. The molecule has 1 unspecified atom stereocenters. The topological polar surface area (TPSA) is 18.5 Å². The highest BCUT2D eigenvalue weighted by Crippen LogP contribution is 2.37. The van der Waals surface area contributed by atoms with Crippen molar-refractivity contribution >= 4 is 5.57 Å². The van der Waals surface area contributed by atoms with Crippen LogP contribution in [0.4, 0.5) is 0 Å². The van der Waals surface area contributed by atoms with Gasteiger partial charge in [0.15, 0.2) is 6.79 Å². The normalized spacial score (nSPS) is 18.9. The summed E-state index contributed by atoms with van der Waals surface area (Å²) in [6.07, 6.45) is 15.3. The van der Waals surface area contributed by atoms with Crippen LogP contribution in [0.1, 0.15) is 82.3 Å². The van der Waals surface area contributed by atoms with E-state index in [0.717, 1.165) is 12.2 Å². The Morgan fingerprint density at radius 1 is 1.11 bits per heavy atom. The second-order valence-corrected chi connectivity index (χ2v) is 7.94. The molecule has 0 radical (unpaired) electrons. The Balaban J connectivity index is 2.38. The number of rotatable bonds is 8. The molecule has 0 heterocycles. The minimum absolute atomic E-state index is 0.274. The lowest BCUT2D eigenvalue weighted by atomic mass is 9.85. The van der Waals surface area contributed by atoms with Gasteiger partial charge in [-0.15, -0.1) is 0 Å². The van der Waals surface area contributed by atoms with Gasteiger partial charge in [0, 0.05) is 12.7 Å². The maximum atomic E-state index is 5.90. The zero-order valence-electron chi connectivity index (χ0n) is 17.7. The fraction of sp³-hybridized carbons (Fsp3) is 0.600. The Bertz CT molecular complexity index is 615. The van der Waals surface area contributed by atoms with E-state index < -0.39 is 0 Å². The monoisotopic (exact) mass is 370 g/mol. The number of methoxy groups -OCH3 is 1. The third-order valence-electron chi connectivity index (χ3n) is 5.52. The lowest BCUT2D eigenvalue weighted by Crippen LogP contribution is -2.05. The average molecular weight is 371 g/mol. The van der Waals surface area contributed by atoms with Crippen LogP contribution in [-0.4, -0.2) is 13.9 Å². The molecule has 1 aromatic carbocycles. The molecule has 0 aliphatic heterocycles. The summed E-state index contributed by atoms with van der Waals surface area (Å²) in [5.74, 6) is 1.54. The van der Waals surface area contributed by atoms with Crippen LogP contribution in [0, 0.1) is 12.8 Å². The predicted octanol–water partition coefficient (Wildman–Crippen LogP) is 7.47. The molecule has 2 rings (SSSR count). The summed E-state index contributed by atoms with van der Waals surface area (Å²) in [5.41, 5.74) is 4.99. The van der Waals surface area contributed by atoms with Crippen LogP contribution in [0.15, 0.2) is 36.4 Å². The molecular weight excluding hydrogens is 332 g/mol. The van der Waals surface area contributed by atoms with Gasteiger partial charge < -0.3 is 9.47 Å². The fourth-order valence-corrected chi connectivity index (χ4v) is 3.94. The van der Waals surface area contributed by atoms with E-state index in [9.17, 15) is 0 Å². The van der Waals surface area contributed by atoms with Crippen molar-refractivity contribution in [1.29, 1.82) is 0 Å². The van der Waals surface area contributed by atoms with Gasteiger partial charge in [-0.2, -0.15) is 0 Å². The number of hydrogen-bond acceptors (Lipinski definition) is 2. The molecule has 0 bridgehead atoms. The van der Waals surface area contributed by atoms with Gasteiger partial charge in [0.25, 0.3) is 0 Å². The third-order valence-corrected chi connectivity index (χ3v) is 5.52. The molecule has 2 nitrogen and oxygen atoms in total. The van der Waals surface area contributed by atoms with Crippen molar-refractivity contribution in [3.8, 4) is 5.75 Å². The predicted molar refractivity (Wildman–Crippen MR) is 116 cm³/mol. The molecule has 0 N–H and O–H groups in total. The Morgan fingerprint density at radius 3 is 2.70 bits per heavy atom. The van der Waals surface area contributed by atoms with Crippen LogP contribution in [0.5, 0.6) is 5.75 Å². The van der Waals surface area contributed by atoms with Gasteiger partial charge >= 0.3 is 0 Å². The smallest absolute Gasteiger partial charge is 0.188 e. The summed E-state index contributed by atoms with van der Waals surface area (Å²) >= 11 is 0. The van der Waals surface area contributed by atoms with Crippen molar-refractivity contribution in [2.24, 2.45) is 5.92 Å². The van der Waals surface area contributed by atoms with E-state index in [-0.39, 0.29) is 6.79 Å². The summed E-state index contributed by atoms with van der Waals surface area (Å²) < 4.78 is 11.0. The largest absolute Gasteiger partial charge is 0.467 e. The van der Waals surface area contributed by atoms with Crippen molar-refractivity contribution in [3.63, 3.8) is 0 Å². The second kappa shape index (κ2) is 12.0. The van der Waals surface area contributed by atoms with Crippen LogP contribution < -0.4 is 4.74 Å². The average Bonchev–Trinajstić information content (AvgIpc) is 2.67. The van der Waals surface area contributed by atoms with Crippen molar-refractivity contribution in [2.45, 2.75) is 78.1 Å². The summed E-state index contributed by atoms with van der Waals surface area (Å²) in [6, 6.07) is 6.43. The van der Waals surface area contributed by atoms with Crippen molar-refractivity contribution in [1.82, 2.24) is 0 Å². The number of allylic oxidation sites excluding steroid dienone is 3. The Labute approximate surface area is 166 Å². The summed E-state index contributed by atoms with van der Waals surface area (Å²) in [7, 11) is 1.67. The third kappa shape index (κ3) is 7.18.